The second-order valence-electron chi connectivity index (χ2n) is 8.15. The number of amides is 1. The van der Waals surface area contributed by atoms with Crippen molar-refractivity contribution in [1.29, 1.82) is 0 Å². The van der Waals surface area contributed by atoms with E-state index in [1.165, 1.54) is 5.69 Å². The molecule has 1 atom stereocenters. The van der Waals surface area contributed by atoms with Crippen molar-refractivity contribution in [3.8, 4) is 0 Å². The fraction of sp³-hybridized carbons (Fsp3) is 0.417. The number of nitrogens with zero attached hydrogens (tertiary/aromatic N) is 2. The fourth-order valence-electron chi connectivity index (χ4n) is 4.00. The molecule has 3 N–H and O–H groups in total. The smallest absolute Gasteiger partial charge is 0.227 e. The highest BCUT2D eigenvalue weighted by Gasteiger charge is 2.25. The molecule has 2 aliphatic rings. The van der Waals surface area contributed by atoms with Crippen molar-refractivity contribution in [2.45, 2.75) is 38.3 Å². The Morgan fingerprint density at radius 2 is 1.93 bits per heavy atom. The van der Waals surface area contributed by atoms with Crippen LogP contribution in [0.4, 0.5) is 11.4 Å². The Balaban J connectivity index is 1.26. The average molecular weight is 406 g/mol. The average Bonchev–Trinajstić information content (AvgIpc) is 3.19. The zero-order valence-corrected chi connectivity index (χ0v) is 17.6. The summed E-state index contributed by atoms with van der Waals surface area (Å²) in [6.45, 7) is 2.66. The highest BCUT2D eigenvalue weighted by atomic mass is 16.1. The van der Waals surface area contributed by atoms with Crippen LogP contribution in [0.5, 0.6) is 0 Å². The van der Waals surface area contributed by atoms with Crippen molar-refractivity contribution in [3.05, 3.63) is 60.2 Å². The third kappa shape index (κ3) is 5.12. The lowest BCUT2D eigenvalue weighted by atomic mass is 9.85. The number of benzene rings is 2. The predicted octanol–water partition coefficient (Wildman–Crippen LogP) is 3.37. The van der Waals surface area contributed by atoms with Gasteiger partial charge in [0.1, 0.15) is 0 Å². The number of para-hydroxylation sites is 1. The number of hydrogen-bond donors (Lipinski definition) is 3. The molecule has 4 rings (SSSR count). The maximum atomic E-state index is 12.2. The van der Waals surface area contributed by atoms with Gasteiger partial charge in [-0.15, -0.1) is 0 Å². The van der Waals surface area contributed by atoms with Crippen molar-refractivity contribution in [1.82, 2.24) is 10.6 Å². The van der Waals surface area contributed by atoms with Gasteiger partial charge in [0.05, 0.1) is 0 Å². The van der Waals surface area contributed by atoms with Gasteiger partial charge in [-0.3, -0.25) is 9.79 Å². The van der Waals surface area contributed by atoms with Crippen LogP contribution < -0.4 is 20.9 Å². The first-order chi connectivity index (χ1) is 14.7. The fourth-order valence-corrected chi connectivity index (χ4v) is 4.00. The van der Waals surface area contributed by atoms with Crippen LogP contribution in [0.2, 0.25) is 0 Å². The van der Waals surface area contributed by atoms with E-state index in [9.17, 15) is 4.79 Å². The van der Waals surface area contributed by atoms with Crippen LogP contribution in [0.15, 0.2) is 59.6 Å². The lowest BCUT2D eigenvalue weighted by Crippen LogP contribution is -2.44. The summed E-state index contributed by atoms with van der Waals surface area (Å²) in [6, 6.07) is 18.9. The Hall–Kier alpha value is -3.02. The molecule has 2 aromatic carbocycles. The minimum atomic E-state index is 0.146. The van der Waals surface area contributed by atoms with Gasteiger partial charge in [-0.1, -0.05) is 36.8 Å². The van der Waals surface area contributed by atoms with Crippen LogP contribution in [0.1, 0.15) is 31.2 Å². The molecule has 0 radical (unpaired) electrons. The Morgan fingerprint density at radius 1 is 1.10 bits per heavy atom. The van der Waals surface area contributed by atoms with Gasteiger partial charge < -0.3 is 20.9 Å². The largest absolute Gasteiger partial charge is 0.369 e. The number of aliphatic imine (C=N–C) groups is 1. The minimum Gasteiger partial charge on any atom is -0.369 e. The molecule has 1 saturated heterocycles. The number of guanidine groups is 1. The highest BCUT2D eigenvalue weighted by molar-refractivity contribution is 5.93. The molecule has 0 bridgehead atoms. The summed E-state index contributed by atoms with van der Waals surface area (Å²) in [5.74, 6) is 1.14. The van der Waals surface area contributed by atoms with Crippen LogP contribution >= 0.6 is 0 Å². The molecule has 1 saturated carbocycles. The molecule has 6 heteroatoms. The van der Waals surface area contributed by atoms with E-state index in [4.69, 9.17) is 0 Å². The summed E-state index contributed by atoms with van der Waals surface area (Å²) < 4.78 is 0. The number of hydrogen-bond acceptors (Lipinski definition) is 3. The van der Waals surface area contributed by atoms with Gasteiger partial charge in [-0.05, 0) is 49.1 Å². The Kier molecular flexibility index (Phi) is 6.52. The first-order valence-electron chi connectivity index (χ1n) is 10.9. The summed E-state index contributed by atoms with van der Waals surface area (Å²) in [6.07, 6.45) is 4.27. The van der Waals surface area contributed by atoms with Crippen molar-refractivity contribution in [3.63, 3.8) is 0 Å². The molecule has 158 valence electrons. The summed E-state index contributed by atoms with van der Waals surface area (Å²) in [5, 5.41) is 9.99. The third-order valence-electron chi connectivity index (χ3n) is 6.00. The van der Waals surface area contributed by atoms with Gasteiger partial charge in [-0.2, -0.15) is 0 Å². The third-order valence-corrected chi connectivity index (χ3v) is 6.00. The lowest BCUT2D eigenvalue weighted by Gasteiger charge is -2.24. The molecular formula is C24H31N5O. The van der Waals surface area contributed by atoms with E-state index in [1.54, 1.807) is 7.05 Å². The van der Waals surface area contributed by atoms with Crippen LogP contribution in [-0.4, -0.2) is 38.0 Å². The molecule has 0 aromatic heterocycles. The van der Waals surface area contributed by atoms with Gasteiger partial charge in [-0.25, -0.2) is 0 Å². The zero-order chi connectivity index (χ0) is 20.8. The monoisotopic (exact) mass is 405 g/mol. The highest BCUT2D eigenvalue weighted by Crippen LogP contribution is 2.27. The Labute approximate surface area is 178 Å². The molecule has 2 fully saturated rings. The minimum absolute atomic E-state index is 0.146. The van der Waals surface area contributed by atoms with E-state index in [-0.39, 0.29) is 11.8 Å². The van der Waals surface area contributed by atoms with E-state index in [1.807, 2.05) is 18.2 Å². The molecule has 1 aliphatic heterocycles. The molecule has 2 aromatic rings. The van der Waals surface area contributed by atoms with Gasteiger partial charge in [0, 0.05) is 50.0 Å². The SMILES string of the molecule is CN=C(NCc1cccc(NC(=O)C2CCC2)c1)NC1CCN(c2ccccc2)C1. The zero-order valence-electron chi connectivity index (χ0n) is 17.6. The van der Waals surface area contributed by atoms with Gasteiger partial charge in [0.2, 0.25) is 5.91 Å². The second kappa shape index (κ2) is 9.65. The van der Waals surface area contributed by atoms with Gasteiger partial charge in [0.15, 0.2) is 5.96 Å². The van der Waals surface area contributed by atoms with Crippen LogP contribution in [0.3, 0.4) is 0 Å². The molecule has 1 unspecified atom stereocenters. The van der Waals surface area contributed by atoms with E-state index < -0.39 is 0 Å². The topological polar surface area (TPSA) is 68.8 Å². The van der Waals surface area contributed by atoms with Crippen LogP contribution in [0.25, 0.3) is 0 Å². The Morgan fingerprint density at radius 3 is 2.67 bits per heavy atom. The summed E-state index contributed by atoms with van der Waals surface area (Å²) in [4.78, 5) is 19.0. The first-order valence-corrected chi connectivity index (χ1v) is 10.9. The van der Waals surface area contributed by atoms with E-state index >= 15 is 0 Å². The van der Waals surface area contributed by atoms with Crippen LogP contribution in [0, 0.1) is 5.92 Å². The molecule has 30 heavy (non-hydrogen) atoms. The molecule has 6 nitrogen and oxygen atoms in total. The number of anilines is 2. The number of rotatable bonds is 6. The maximum absolute atomic E-state index is 12.2. The maximum Gasteiger partial charge on any atom is 0.227 e. The molecule has 1 amide bonds. The normalized spacial score (nSPS) is 19.3. The molecular weight excluding hydrogens is 374 g/mol. The molecule has 0 spiro atoms. The van der Waals surface area contributed by atoms with Gasteiger partial charge >= 0.3 is 0 Å². The molecule has 1 aliphatic carbocycles. The summed E-state index contributed by atoms with van der Waals surface area (Å²) >= 11 is 0. The summed E-state index contributed by atoms with van der Waals surface area (Å²) in [7, 11) is 1.80. The quantitative estimate of drug-likeness (QED) is 0.509. The van der Waals surface area contributed by atoms with Gasteiger partial charge in [0.25, 0.3) is 0 Å². The molecule has 1 heterocycles. The van der Waals surface area contributed by atoms with Crippen molar-refractivity contribution < 1.29 is 4.79 Å². The predicted molar refractivity (Wildman–Crippen MR) is 123 cm³/mol. The second-order valence-corrected chi connectivity index (χ2v) is 8.15. The van der Waals surface area contributed by atoms with E-state index in [0.29, 0.717) is 12.6 Å². The van der Waals surface area contributed by atoms with Crippen molar-refractivity contribution in [2.75, 3.05) is 30.4 Å². The van der Waals surface area contributed by atoms with Crippen LogP contribution in [-0.2, 0) is 11.3 Å². The van der Waals surface area contributed by atoms with E-state index in [2.05, 4.69) is 62.2 Å². The number of nitrogens with one attached hydrogen (secondary N) is 3. The number of carbonyl (C=O) groups excluding carboxylic acids is 1. The number of carbonyl (C=O) groups is 1. The lowest BCUT2D eigenvalue weighted by molar-refractivity contribution is -0.122. The first kappa shape index (κ1) is 20.3. The van der Waals surface area contributed by atoms with Crippen molar-refractivity contribution in [2.24, 2.45) is 10.9 Å². The Bertz CT molecular complexity index is 878. The van der Waals surface area contributed by atoms with E-state index in [0.717, 1.165) is 56.0 Å². The standard InChI is InChI=1S/C24H31N5O/c1-25-24(28-21-13-14-29(17-21)22-11-3-2-4-12-22)26-16-18-7-5-10-20(15-18)27-23(30)19-8-6-9-19/h2-5,7,10-12,15,19,21H,6,8-9,13-14,16-17H2,1H3,(H,27,30)(H2,25,26,28). The van der Waals surface area contributed by atoms with Crippen molar-refractivity contribution >= 4 is 23.2 Å². The summed E-state index contributed by atoms with van der Waals surface area (Å²) in [5.41, 5.74) is 3.25.